The minimum Gasteiger partial charge on any atom is -0.314 e. The quantitative estimate of drug-likeness (QED) is 0.640. The molecule has 1 aliphatic carbocycles. The molecule has 0 aromatic heterocycles. The predicted molar refractivity (Wildman–Crippen MR) is 89.6 cm³/mol. The summed E-state index contributed by atoms with van der Waals surface area (Å²) < 4.78 is 0. The second-order valence-electron chi connectivity index (χ2n) is 6.11. The summed E-state index contributed by atoms with van der Waals surface area (Å²) in [4.78, 5) is 0. The molecule has 1 atom stereocenters. The van der Waals surface area contributed by atoms with Gasteiger partial charge in [0.25, 0.3) is 0 Å². The van der Waals surface area contributed by atoms with E-state index in [2.05, 4.69) is 59.9 Å². The summed E-state index contributed by atoms with van der Waals surface area (Å²) in [5.41, 5.74) is 4.56. The third-order valence-electron chi connectivity index (χ3n) is 4.50. The number of hydrogen-bond donors (Lipinski definition) is 1. The Balaban J connectivity index is 1.45. The number of hydrogen-bond acceptors (Lipinski definition) is 1. The van der Waals surface area contributed by atoms with Crippen molar-refractivity contribution in [2.45, 2.75) is 44.6 Å². The van der Waals surface area contributed by atoms with Crippen LogP contribution in [0.15, 0.2) is 54.6 Å². The van der Waals surface area contributed by atoms with Gasteiger partial charge in [-0.15, -0.1) is 0 Å². The predicted octanol–water partition coefficient (Wildman–Crippen LogP) is 4.16. The van der Waals surface area contributed by atoms with Crippen LogP contribution in [0.1, 0.15) is 36.0 Å². The van der Waals surface area contributed by atoms with Gasteiger partial charge in [0.15, 0.2) is 0 Å². The van der Waals surface area contributed by atoms with Gasteiger partial charge in [-0.25, -0.2) is 0 Å². The molecule has 21 heavy (non-hydrogen) atoms. The average Bonchev–Trinajstić information content (AvgIpc) is 2.74. The van der Waals surface area contributed by atoms with E-state index in [0.717, 1.165) is 6.54 Å². The molecule has 2 aromatic carbocycles. The lowest BCUT2D eigenvalue weighted by molar-refractivity contribution is 0.470. The van der Waals surface area contributed by atoms with E-state index in [0.29, 0.717) is 6.04 Å². The first kappa shape index (κ1) is 14.3. The first-order chi connectivity index (χ1) is 10.4. The molecule has 3 rings (SSSR count). The molecule has 2 aromatic rings. The first-order valence-electron chi connectivity index (χ1n) is 8.26. The number of aryl methyl sites for hydroxylation is 2. The summed E-state index contributed by atoms with van der Waals surface area (Å²) in [5, 5.41) is 3.77. The van der Waals surface area contributed by atoms with Crippen LogP contribution in [0.5, 0.6) is 0 Å². The van der Waals surface area contributed by atoms with Crippen LogP contribution in [-0.4, -0.2) is 12.6 Å². The molecule has 0 saturated heterocycles. The van der Waals surface area contributed by atoms with Crippen molar-refractivity contribution in [1.82, 2.24) is 5.32 Å². The highest BCUT2D eigenvalue weighted by molar-refractivity contribution is 5.29. The minimum atomic E-state index is 0.657. The molecule has 0 spiro atoms. The van der Waals surface area contributed by atoms with Crippen LogP contribution >= 0.6 is 0 Å². The lowest BCUT2D eigenvalue weighted by Crippen LogP contribution is -2.31. The van der Waals surface area contributed by atoms with Crippen molar-refractivity contribution in [3.8, 4) is 0 Å². The van der Waals surface area contributed by atoms with Crippen molar-refractivity contribution in [1.29, 1.82) is 0 Å². The molecule has 1 unspecified atom stereocenters. The van der Waals surface area contributed by atoms with E-state index in [-0.39, 0.29) is 0 Å². The number of rotatable bonds is 5. The fourth-order valence-corrected chi connectivity index (χ4v) is 3.32. The molecule has 1 nitrogen and oxygen atoms in total. The standard InChI is InChI=1S/C20H25N/c1-2-8-17(9-3-1)10-7-15-21-20-14-6-13-18-11-4-5-12-19(18)16-20/h1-5,8-9,11-12,20-21H,6-7,10,13-16H2. The number of fused-ring (bicyclic) bond motifs is 1. The molecule has 0 aliphatic heterocycles. The highest BCUT2D eigenvalue weighted by Crippen LogP contribution is 2.20. The molecule has 110 valence electrons. The van der Waals surface area contributed by atoms with E-state index >= 15 is 0 Å². The molecular weight excluding hydrogens is 254 g/mol. The van der Waals surface area contributed by atoms with E-state index in [9.17, 15) is 0 Å². The van der Waals surface area contributed by atoms with Crippen molar-refractivity contribution in [2.75, 3.05) is 6.54 Å². The maximum Gasteiger partial charge on any atom is 0.0108 e. The summed E-state index contributed by atoms with van der Waals surface area (Å²) in [5.74, 6) is 0. The first-order valence-corrected chi connectivity index (χ1v) is 8.26. The second kappa shape index (κ2) is 7.42. The smallest absolute Gasteiger partial charge is 0.0108 e. The molecule has 0 bridgehead atoms. The van der Waals surface area contributed by atoms with Gasteiger partial charge in [-0.3, -0.25) is 0 Å². The lowest BCUT2D eigenvalue weighted by atomic mass is 10.0. The van der Waals surface area contributed by atoms with Gasteiger partial charge in [0, 0.05) is 6.04 Å². The van der Waals surface area contributed by atoms with E-state index in [1.807, 2.05) is 0 Å². The van der Waals surface area contributed by atoms with Gasteiger partial charge in [-0.1, -0.05) is 54.6 Å². The zero-order chi connectivity index (χ0) is 14.3. The second-order valence-corrected chi connectivity index (χ2v) is 6.11. The average molecular weight is 279 g/mol. The molecule has 0 fully saturated rings. The van der Waals surface area contributed by atoms with Gasteiger partial charge in [0.2, 0.25) is 0 Å². The molecule has 0 amide bonds. The van der Waals surface area contributed by atoms with Crippen molar-refractivity contribution >= 4 is 0 Å². The monoisotopic (exact) mass is 279 g/mol. The number of benzene rings is 2. The Kier molecular flexibility index (Phi) is 5.07. The Morgan fingerprint density at radius 1 is 0.905 bits per heavy atom. The number of nitrogens with one attached hydrogen (secondary N) is 1. The SMILES string of the molecule is c1ccc(CCCNC2CCCc3ccccc3C2)cc1. The van der Waals surface area contributed by atoms with Gasteiger partial charge >= 0.3 is 0 Å². The Morgan fingerprint density at radius 2 is 1.67 bits per heavy atom. The van der Waals surface area contributed by atoms with Crippen LogP contribution in [0.25, 0.3) is 0 Å². The van der Waals surface area contributed by atoms with E-state index in [4.69, 9.17) is 0 Å². The van der Waals surface area contributed by atoms with Crippen LogP contribution < -0.4 is 5.32 Å². The third-order valence-corrected chi connectivity index (χ3v) is 4.50. The molecule has 1 aliphatic rings. The molecular formula is C20H25N. The minimum absolute atomic E-state index is 0.657. The van der Waals surface area contributed by atoms with E-state index in [1.165, 1.54) is 44.1 Å². The van der Waals surface area contributed by atoms with Gasteiger partial charge in [0.05, 0.1) is 0 Å². The van der Waals surface area contributed by atoms with Crippen molar-refractivity contribution in [2.24, 2.45) is 0 Å². The summed E-state index contributed by atoms with van der Waals surface area (Å²) in [6.07, 6.45) is 7.46. The van der Waals surface area contributed by atoms with Crippen LogP contribution in [0.2, 0.25) is 0 Å². The van der Waals surface area contributed by atoms with Crippen LogP contribution in [0.3, 0.4) is 0 Å². The van der Waals surface area contributed by atoms with Crippen LogP contribution in [-0.2, 0) is 19.3 Å². The van der Waals surface area contributed by atoms with Gasteiger partial charge in [-0.05, 0) is 61.8 Å². The van der Waals surface area contributed by atoms with Crippen molar-refractivity contribution in [3.63, 3.8) is 0 Å². The summed E-state index contributed by atoms with van der Waals surface area (Å²) in [6, 6.07) is 20.4. The summed E-state index contributed by atoms with van der Waals surface area (Å²) >= 11 is 0. The molecule has 1 heteroatoms. The lowest BCUT2D eigenvalue weighted by Gasteiger charge is -2.17. The summed E-state index contributed by atoms with van der Waals surface area (Å²) in [6.45, 7) is 1.13. The Bertz CT molecular complexity index is 547. The largest absolute Gasteiger partial charge is 0.314 e. The van der Waals surface area contributed by atoms with Crippen LogP contribution in [0, 0.1) is 0 Å². The third kappa shape index (κ3) is 4.18. The van der Waals surface area contributed by atoms with Gasteiger partial charge in [-0.2, -0.15) is 0 Å². The highest BCUT2D eigenvalue weighted by Gasteiger charge is 2.15. The molecule has 0 saturated carbocycles. The normalized spacial score (nSPS) is 18.0. The molecule has 0 heterocycles. The zero-order valence-electron chi connectivity index (χ0n) is 12.7. The van der Waals surface area contributed by atoms with Gasteiger partial charge < -0.3 is 5.32 Å². The fraction of sp³-hybridized carbons (Fsp3) is 0.400. The Hall–Kier alpha value is -1.60. The highest BCUT2D eigenvalue weighted by atomic mass is 14.9. The zero-order valence-corrected chi connectivity index (χ0v) is 12.7. The molecule has 1 N–H and O–H groups in total. The fourth-order valence-electron chi connectivity index (χ4n) is 3.32. The Labute approximate surface area is 128 Å². The maximum atomic E-state index is 3.77. The van der Waals surface area contributed by atoms with Crippen molar-refractivity contribution in [3.05, 3.63) is 71.3 Å². The maximum absolute atomic E-state index is 3.77. The van der Waals surface area contributed by atoms with Gasteiger partial charge in [0.1, 0.15) is 0 Å². The molecule has 0 radical (unpaired) electrons. The topological polar surface area (TPSA) is 12.0 Å². The van der Waals surface area contributed by atoms with Crippen molar-refractivity contribution < 1.29 is 0 Å². The summed E-state index contributed by atoms with van der Waals surface area (Å²) in [7, 11) is 0. The Morgan fingerprint density at radius 3 is 2.52 bits per heavy atom. The van der Waals surface area contributed by atoms with E-state index < -0.39 is 0 Å². The van der Waals surface area contributed by atoms with E-state index in [1.54, 1.807) is 11.1 Å². The van der Waals surface area contributed by atoms with Crippen LogP contribution in [0.4, 0.5) is 0 Å².